The number of amides is 1. The summed E-state index contributed by atoms with van der Waals surface area (Å²) in [6.07, 6.45) is 2.04. The highest BCUT2D eigenvalue weighted by Gasteiger charge is 2.18. The molecule has 6 heteroatoms. The summed E-state index contributed by atoms with van der Waals surface area (Å²) in [6, 6.07) is 7.58. The van der Waals surface area contributed by atoms with Crippen LogP contribution in [-0.2, 0) is 11.2 Å². The first-order chi connectivity index (χ1) is 10.6. The fourth-order valence-corrected chi connectivity index (χ4v) is 3.10. The molecule has 0 aliphatic rings. The molecule has 0 radical (unpaired) electrons. The van der Waals surface area contributed by atoms with Gasteiger partial charge >= 0.3 is 0 Å². The molecule has 1 amide bonds. The summed E-state index contributed by atoms with van der Waals surface area (Å²) in [6.45, 7) is 2.72. The van der Waals surface area contributed by atoms with Crippen LogP contribution in [0.2, 0.25) is 0 Å². The predicted molar refractivity (Wildman–Crippen MR) is 85.9 cm³/mol. The molecule has 0 N–H and O–H groups in total. The lowest BCUT2D eigenvalue weighted by Crippen LogP contribution is -2.31. The highest BCUT2D eigenvalue weighted by Crippen LogP contribution is 2.20. The van der Waals surface area contributed by atoms with E-state index in [0.717, 1.165) is 10.4 Å². The van der Waals surface area contributed by atoms with E-state index in [2.05, 4.69) is 17.1 Å². The first-order valence-electron chi connectivity index (χ1n) is 7.12. The molecule has 1 aromatic carbocycles. The van der Waals surface area contributed by atoms with Gasteiger partial charge in [-0.1, -0.05) is 24.2 Å². The van der Waals surface area contributed by atoms with E-state index in [9.17, 15) is 4.79 Å². The standard InChI is InChI=1S/C16H17N3O2S/c1-11(16-17-7-8-22-16)10-19(2)15(20)9-13-12-5-3-4-6-14(12)21-18-13/h3-8,11H,9-10H2,1-2H3. The van der Waals surface area contributed by atoms with Crippen molar-refractivity contribution in [1.29, 1.82) is 0 Å². The van der Waals surface area contributed by atoms with Crippen molar-refractivity contribution in [3.63, 3.8) is 0 Å². The minimum absolute atomic E-state index is 0.0301. The third-order valence-corrected chi connectivity index (χ3v) is 4.62. The molecule has 1 atom stereocenters. The normalized spacial score (nSPS) is 12.5. The summed E-state index contributed by atoms with van der Waals surface area (Å²) in [5, 5.41) is 7.92. The summed E-state index contributed by atoms with van der Waals surface area (Å²) in [5.41, 5.74) is 1.40. The molecule has 2 aromatic heterocycles. The molecule has 0 aliphatic carbocycles. The van der Waals surface area contributed by atoms with E-state index < -0.39 is 0 Å². The van der Waals surface area contributed by atoms with Gasteiger partial charge in [0.25, 0.3) is 0 Å². The van der Waals surface area contributed by atoms with E-state index in [1.54, 1.807) is 22.4 Å². The Morgan fingerprint density at radius 3 is 3.00 bits per heavy atom. The van der Waals surface area contributed by atoms with Crippen molar-refractivity contribution in [3.05, 3.63) is 46.5 Å². The minimum atomic E-state index is 0.0301. The van der Waals surface area contributed by atoms with Crippen LogP contribution >= 0.6 is 11.3 Å². The fourth-order valence-electron chi connectivity index (χ4n) is 2.41. The van der Waals surface area contributed by atoms with Gasteiger partial charge in [-0.05, 0) is 12.1 Å². The largest absolute Gasteiger partial charge is 0.356 e. The zero-order valence-electron chi connectivity index (χ0n) is 12.5. The Bertz CT molecular complexity index is 767. The van der Waals surface area contributed by atoms with Gasteiger partial charge in [0.1, 0.15) is 5.69 Å². The van der Waals surface area contributed by atoms with E-state index in [1.807, 2.05) is 36.7 Å². The van der Waals surface area contributed by atoms with Gasteiger partial charge in [-0.15, -0.1) is 11.3 Å². The number of fused-ring (bicyclic) bond motifs is 1. The third kappa shape index (κ3) is 3.01. The second kappa shape index (κ2) is 6.27. The number of rotatable bonds is 5. The number of benzene rings is 1. The highest BCUT2D eigenvalue weighted by molar-refractivity contribution is 7.09. The van der Waals surface area contributed by atoms with Crippen LogP contribution in [0, 0.1) is 0 Å². The summed E-state index contributed by atoms with van der Waals surface area (Å²) in [4.78, 5) is 18.4. The van der Waals surface area contributed by atoms with Crippen LogP contribution in [0.25, 0.3) is 11.0 Å². The molecular weight excluding hydrogens is 298 g/mol. The van der Waals surface area contributed by atoms with Crippen LogP contribution in [0.4, 0.5) is 0 Å². The van der Waals surface area contributed by atoms with E-state index in [0.29, 0.717) is 17.8 Å². The average Bonchev–Trinajstić information content (AvgIpc) is 3.17. The average molecular weight is 315 g/mol. The maximum Gasteiger partial charge on any atom is 0.228 e. The van der Waals surface area contributed by atoms with Gasteiger partial charge in [0.05, 0.1) is 11.4 Å². The highest BCUT2D eigenvalue weighted by atomic mass is 32.1. The molecule has 0 saturated carbocycles. The monoisotopic (exact) mass is 315 g/mol. The Balaban J connectivity index is 1.66. The first-order valence-corrected chi connectivity index (χ1v) is 7.99. The van der Waals surface area contributed by atoms with Gasteiger partial charge in [-0.2, -0.15) is 0 Å². The van der Waals surface area contributed by atoms with Crippen LogP contribution < -0.4 is 0 Å². The van der Waals surface area contributed by atoms with E-state index >= 15 is 0 Å². The summed E-state index contributed by atoms with van der Waals surface area (Å²) < 4.78 is 5.24. The van der Waals surface area contributed by atoms with Crippen LogP contribution in [0.15, 0.2) is 40.4 Å². The number of carbonyl (C=O) groups is 1. The molecule has 1 unspecified atom stereocenters. The maximum absolute atomic E-state index is 12.4. The van der Waals surface area contributed by atoms with Crippen molar-refractivity contribution in [1.82, 2.24) is 15.0 Å². The summed E-state index contributed by atoms with van der Waals surface area (Å²) in [5.74, 6) is 0.255. The molecule has 2 heterocycles. The van der Waals surface area contributed by atoms with Gasteiger partial charge in [0.2, 0.25) is 5.91 Å². The van der Waals surface area contributed by atoms with Crippen molar-refractivity contribution in [2.45, 2.75) is 19.3 Å². The van der Waals surface area contributed by atoms with Crippen LogP contribution in [-0.4, -0.2) is 34.5 Å². The molecule has 3 rings (SSSR count). The van der Waals surface area contributed by atoms with E-state index in [4.69, 9.17) is 4.52 Å². The Hall–Kier alpha value is -2.21. The van der Waals surface area contributed by atoms with E-state index in [1.165, 1.54) is 0 Å². The number of likely N-dealkylation sites (N-methyl/N-ethyl adjacent to an activating group) is 1. The molecule has 22 heavy (non-hydrogen) atoms. The molecule has 0 saturated heterocycles. The Morgan fingerprint density at radius 1 is 1.41 bits per heavy atom. The number of hydrogen-bond donors (Lipinski definition) is 0. The lowest BCUT2D eigenvalue weighted by atomic mass is 10.1. The van der Waals surface area contributed by atoms with Crippen molar-refractivity contribution in [3.8, 4) is 0 Å². The van der Waals surface area contributed by atoms with Crippen LogP contribution in [0.3, 0.4) is 0 Å². The van der Waals surface area contributed by atoms with Gasteiger partial charge in [0.15, 0.2) is 5.58 Å². The topological polar surface area (TPSA) is 59.2 Å². The molecule has 0 fully saturated rings. The minimum Gasteiger partial charge on any atom is -0.356 e. The van der Waals surface area contributed by atoms with Gasteiger partial charge in [-0.25, -0.2) is 4.98 Å². The van der Waals surface area contributed by atoms with Crippen LogP contribution in [0.1, 0.15) is 23.5 Å². The number of carbonyl (C=O) groups excluding carboxylic acids is 1. The van der Waals surface area contributed by atoms with Gasteiger partial charge in [-0.3, -0.25) is 4.79 Å². The third-order valence-electron chi connectivity index (χ3n) is 3.62. The number of para-hydroxylation sites is 1. The number of thiazole rings is 1. The SMILES string of the molecule is CC(CN(C)C(=O)Cc1noc2ccccc12)c1nccs1. The zero-order chi connectivity index (χ0) is 15.5. The molecule has 114 valence electrons. The Kier molecular flexibility index (Phi) is 4.20. The predicted octanol–water partition coefficient (Wildman–Crippen LogP) is 3.09. The quantitative estimate of drug-likeness (QED) is 0.726. The molecule has 3 aromatic rings. The zero-order valence-corrected chi connectivity index (χ0v) is 13.3. The number of nitrogens with zero attached hydrogens (tertiary/aromatic N) is 3. The maximum atomic E-state index is 12.4. The van der Waals surface area contributed by atoms with Gasteiger partial charge in [0, 0.05) is 36.5 Å². The molecular formula is C16H17N3O2S. The van der Waals surface area contributed by atoms with Crippen LogP contribution in [0.5, 0.6) is 0 Å². The number of aromatic nitrogens is 2. The molecule has 0 bridgehead atoms. The Labute approximate surface area is 132 Å². The first kappa shape index (κ1) is 14.7. The summed E-state index contributed by atoms with van der Waals surface area (Å²) in [7, 11) is 1.81. The second-order valence-electron chi connectivity index (χ2n) is 5.35. The number of hydrogen-bond acceptors (Lipinski definition) is 5. The second-order valence-corrected chi connectivity index (χ2v) is 6.27. The smallest absolute Gasteiger partial charge is 0.228 e. The lowest BCUT2D eigenvalue weighted by molar-refractivity contribution is -0.129. The summed E-state index contributed by atoms with van der Waals surface area (Å²) >= 11 is 1.62. The van der Waals surface area contributed by atoms with Crippen molar-refractivity contribution in [2.75, 3.05) is 13.6 Å². The fraction of sp³-hybridized carbons (Fsp3) is 0.312. The van der Waals surface area contributed by atoms with Gasteiger partial charge < -0.3 is 9.42 Å². The molecule has 5 nitrogen and oxygen atoms in total. The van der Waals surface area contributed by atoms with Crippen molar-refractivity contribution < 1.29 is 9.32 Å². The van der Waals surface area contributed by atoms with E-state index in [-0.39, 0.29) is 18.2 Å². The lowest BCUT2D eigenvalue weighted by Gasteiger charge is -2.20. The van der Waals surface area contributed by atoms with Crippen molar-refractivity contribution in [2.24, 2.45) is 0 Å². The van der Waals surface area contributed by atoms with Crippen molar-refractivity contribution >= 4 is 28.2 Å². The Morgan fingerprint density at radius 2 is 2.23 bits per heavy atom. The molecule has 0 aliphatic heterocycles. The molecule has 0 spiro atoms.